The Hall–Kier alpha value is -1.30. The fraction of sp³-hybridized carbons (Fsp3) is 0.867. The molecule has 0 saturated heterocycles. The van der Waals surface area contributed by atoms with E-state index in [1.165, 1.54) is 0 Å². The van der Waals surface area contributed by atoms with Crippen molar-refractivity contribution in [2.75, 3.05) is 6.61 Å². The lowest BCUT2D eigenvalue weighted by Crippen LogP contribution is -2.43. The van der Waals surface area contributed by atoms with E-state index in [9.17, 15) is 14.7 Å². The summed E-state index contributed by atoms with van der Waals surface area (Å²) in [5.74, 6) is -0.688. The van der Waals surface area contributed by atoms with Crippen molar-refractivity contribution in [1.82, 2.24) is 5.32 Å². The molecule has 0 saturated carbocycles. The lowest BCUT2D eigenvalue weighted by atomic mass is 10.1. The molecule has 0 spiro atoms. The Morgan fingerprint density at radius 3 is 2.38 bits per heavy atom. The average Bonchev–Trinajstić information content (AvgIpc) is 2.33. The summed E-state index contributed by atoms with van der Waals surface area (Å²) < 4.78 is 10.1. The van der Waals surface area contributed by atoms with Crippen LogP contribution in [0.4, 0.5) is 4.79 Å². The molecule has 0 aromatic heterocycles. The first kappa shape index (κ1) is 19.7. The van der Waals surface area contributed by atoms with Gasteiger partial charge in [0.05, 0.1) is 6.61 Å². The smallest absolute Gasteiger partial charge is 0.409 e. The minimum Gasteiger partial charge on any atom is -0.465 e. The fourth-order valence-electron chi connectivity index (χ4n) is 1.48. The lowest BCUT2D eigenvalue weighted by Gasteiger charge is -2.24. The average molecular weight is 303 g/mol. The van der Waals surface area contributed by atoms with Gasteiger partial charge in [-0.1, -0.05) is 26.7 Å². The fourth-order valence-corrected chi connectivity index (χ4v) is 1.48. The Labute approximate surface area is 127 Å². The van der Waals surface area contributed by atoms with Crippen LogP contribution in [0.1, 0.15) is 60.3 Å². The predicted octanol–water partition coefficient (Wildman–Crippen LogP) is 2.59. The summed E-state index contributed by atoms with van der Waals surface area (Å²) in [6.45, 7) is 9.01. The van der Waals surface area contributed by atoms with Crippen molar-refractivity contribution in [2.24, 2.45) is 5.92 Å². The van der Waals surface area contributed by atoms with Crippen molar-refractivity contribution in [3.05, 3.63) is 0 Å². The molecule has 2 atom stereocenters. The Kier molecular flexibility index (Phi) is 9.01. The normalized spacial score (nSPS) is 14.2. The number of rotatable bonds is 8. The first-order valence-electron chi connectivity index (χ1n) is 7.49. The zero-order valence-corrected chi connectivity index (χ0v) is 13.8. The zero-order valence-electron chi connectivity index (χ0n) is 13.8. The van der Waals surface area contributed by atoms with Crippen LogP contribution in [0.2, 0.25) is 0 Å². The zero-order chi connectivity index (χ0) is 16.5. The number of aliphatic hydroxyl groups is 1. The van der Waals surface area contributed by atoms with E-state index >= 15 is 0 Å². The summed E-state index contributed by atoms with van der Waals surface area (Å²) in [5.41, 5.74) is -0.626. The van der Waals surface area contributed by atoms with E-state index < -0.39 is 23.8 Å². The van der Waals surface area contributed by atoms with Crippen molar-refractivity contribution >= 4 is 12.1 Å². The molecular formula is C15H29NO5. The summed E-state index contributed by atoms with van der Waals surface area (Å²) >= 11 is 0. The Bertz CT molecular complexity index is 325. The lowest BCUT2D eigenvalue weighted by molar-refractivity contribution is -0.146. The highest BCUT2D eigenvalue weighted by Gasteiger charge is 2.22. The Morgan fingerprint density at radius 1 is 1.24 bits per heavy atom. The van der Waals surface area contributed by atoms with E-state index in [1.54, 1.807) is 27.7 Å². The summed E-state index contributed by atoms with van der Waals surface area (Å²) in [6.07, 6.45) is 1.41. The summed E-state index contributed by atoms with van der Waals surface area (Å²) in [6, 6.07) is 0. The molecule has 2 N–H and O–H groups in total. The van der Waals surface area contributed by atoms with Crippen LogP contribution in [0.5, 0.6) is 0 Å². The second-order valence-electron chi connectivity index (χ2n) is 6.21. The van der Waals surface area contributed by atoms with Gasteiger partial charge in [-0.15, -0.1) is 0 Å². The molecule has 0 bridgehead atoms. The number of unbranched alkanes of at least 4 members (excludes halogenated alkanes) is 2. The standard InChI is InChI=1S/C15H29NO5/c1-6-7-8-9-12(17)20-10-11(2)13(18)16-14(19)21-15(3,4)5/h11,13,18H,6-10H2,1-5H3,(H,16,19)/t11-,13?/m0/s1. The number of carbonyl (C=O) groups is 2. The number of aliphatic hydroxyl groups excluding tert-OH is 1. The largest absolute Gasteiger partial charge is 0.465 e. The van der Waals surface area contributed by atoms with Crippen molar-refractivity contribution in [1.29, 1.82) is 0 Å². The number of ether oxygens (including phenoxy) is 2. The van der Waals surface area contributed by atoms with Crippen LogP contribution >= 0.6 is 0 Å². The van der Waals surface area contributed by atoms with Crippen LogP contribution in [-0.4, -0.2) is 35.6 Å². The second kappa shape index (κ2) is 9.60. The van der Waals surface area contributed by atoms with Gasteiger partial charge in [0, 0.05) is 12.3 Å². The van der Waals surface area contributed by atoms with Gasteiger partial charge >= 0.3 is 12.1 Å². The van der Waals surface area contributed by atoms with Crippen LogP contribution in [0, 0.1) is 5.92 Å². The highest BCUT2D eigenvalue weighted by atomic mass is 16.6. The summed E-state index contributed by atoms with van der Waals surface area (Å²) in [7, 11) is 0. The first-order valence-corrected chi connectivity index (χ1v) is 7.49. The van der Waals surface area contributed by atoms with Crippen LogP contribution in [0.3, 0.4) is 0 Å². The summed E-state index contributed by atoms with van der Waals surface area (Å²) in [4.78, 5) is 22.9. The molecule has 1 amide bonds. The number of hydrogen-bond acceptors (Lipinski definition) is 5. The molecule has 0 fully saturated rings. The van der Waals surface area contributed by atoms with Gasteiger partial charge in [0.2, 0.25) is 0 Å². The number of esters is 1. The number of amides is 1. The molecule has 6 heteroatoms. The topological polar surface area (TPSA) is 84.9 Å². The Balaban J connectivity index is 3.96. The van der Waals surface area contributed by atoms with E-state index in [1.807, 2.05) is 0 Å². The molecule has 0 rings (SSSR count). The maximum atomic E-state index is 11.5. The molecule has 6 nitrogen and oxygen atoms in total. The second-order valence-corrected chi connectivity index (χ2v) is 6.21. The van der Waals surface area contributed by atoms with Gasteiger partial charge in [-0.2, -0.15) is 0 Å². The molecule has 21 heavy (non-hydrogen) atoms. The van der Waals surface area contributed by atoms with Crippen molar-refractivity contribution < 1.29 is 24.2 Å². The van der Waals surface area contributed by atoms with Crippen LogP contribution in [-0.2, 0) is 14.3 Å². The minimum atomic E-state index is -1.12. The van der Waals surface area contributed by atoms with E-state index in [0.717, 1.165) is 19.3 Å². The SMILES string of the molecule is CCCCCC(=O)OC[C@H](C)C(O)NC(=O)OC(C)(C)C. The van der Waals surface area contributed by atoms with E-state index in [4.69, 9.17) is 9.47 Å². The molecule has 0 aromatic rings. The maximum absolute atomic E-state index is 11.5. The number of alkyl carbamates (subject to hydrolysis) is 1. The molecular weight excluding hydrogens is 274 g/mol. The number of carbonyl (C=O) groups excluding carboxylic acids is 2. The van der Waals surface area contributed by atoms with Crippen molar-refractivity contribution in [2.45, 2.75) is 72.1 Å². The van der Waals surface area contributed by atoms with E-state index in [2.05, 4.69) is 12.2 Å². The summed E-state index contributed by atoms with van der Waals surface area (Å²) in [5, 5.41) is 12.1. The van der Waals surface area contributed by atoms with Gasteiger partial charge in [-0.3, -0.25) is 10.1 Å². The Morgan fingerprint density at radius 2 is 1.86 bits per heavy atom. The van der Waals surface area contributed by atoms with Crippen LogP contribution in [0.25, 0.3) is 0 Å². The van der Waals surface area contributed by atoms with E-state index in [-0.39, 0.29) is 12.6 Å². The van der Waals surface area contributed by atoms with Crippen LogP contribution < -0.4 is 5.32 Å². The van der Waals surface area contributed by atoms with Gasteiger partial charge in [0.1, 0.15) is 11.8 Å². The highest BCUT2D eigenvalue weighted by molar-refractivity contribution is 5.69. The van der Waals surface area contributed by atoms with Gasteiger partial charge in [0.25, 0.3) is 0 Å². The van der Waals surface area contributed by atoms with Gasteiger partial charge in [-0.25, -0.2) is 4.79 Å². The van der Waals surface area contributed by atoms with Gasteiger partial charge < -0.3 is 14.6 Å². The number of hydrogen-bond donors (Lipinski definition) is 2. The monoisotopic (exact) mass is 303 g/mol. The molecule has 0 aliphatic rings. The third-order valence-corrected chi connectivity index (χ3v) is 2.70. The predicted molar refractivity (Wildman–Crippen MR) is 79.6 cm³/mol. The van der Waals surface area contributed by atoms with Crippen molar-refractivity contribution in [3.8, 4) is 0 Å². The third kappa shape index (κ3) is 11.1. The number of nitrogens with one attached hydrogen (secondary N) is 1. The quantitative estimate of drug-likeness (QED) is 0.409. The minimum absolute atomic E-state index is 0.0575. The highest BCUT2D eigenvalue weighted by Crippen LogP contribution is 2.09. The molecule has 0 aliphatic carbocycles. The van der Waals surface area contributed by atoms with E-state index in [0.29, 0.717) is 6.42 Å². The van der Waals surface area contributed by atoms with Crippen LogP contribution in [0.15, 0.2) is 0 Å². The van der Waals surface area contributed by atoms with Gasteiger partial charge in [0.15, 0.2) is 0 Å². The molecule has 124 valence electrons. The van der Waals surface area contributed by atoms with Gasteiger partial charge in [-0.05, 0) is 27.2 Å². The molecule has 0 aromatic carbocycles. The molecule has 0 aliphatic heterocycles. The van der Waals surface area contributed by atoms with Crippen molar-refractivity contribution in [3.63, 3.8) is 0 Å². The first-order chi connectivity index (χ1) is 9.65. The molecule has 0 heterocycles. The molecule has 0 radical (unpaired) electrons. The molecule has 1 unspecified atom stereocenters. The maximum Gasteiger partial charge on any atom is 0.409 e. The third-order valence-electron chi connectivity index (χ3n) is 2.70.